The largest absolute Gasteiger partial charge is 1.00 e. The van der Waals surface area contributed by atoms with E-state index in [1.807, 2.05) is 4.40 Å². The zero-order chi connectivity index (χ0) is 25.4. The summed E-state index contributed by atoms with van der Waals surface area (Å²) < 4.78 is 1.84. The van der Waals surface area contributed by atoms with Crippen LogP contribution in [0.1, 0.15) is 5.69 Å². The molecule has 2 aliphatic rings. The fourth-order valence-corrected chi connectivity index (χ4v) is 6.79. The van der Waals surface area contributed by atoms with E-state index in [0.29, 0.717) is 22.7 Å². The number of carboxylic acid groups (broad SMARTS) is 1. The summed E-state index contributed by atoms with van der Waals surface area (Å²) in [6, 6.07) is -0.951. The van der Waals surface area contributed by atoms with Crippen LogP contribution in [0.4, 0.5) is 5.13 Å². The number of hydrogen-bond acceptors (Lipinski definition) is 13. The number of thioether (sulfide) groups is 2. The van der Waals surface area contributed by atoms with Gasteiger partial charge in [-0.1, -0.05) is 5.16 Å². The standard InChI is InChI=1S/C20H18N8O5S3.Na/c1-33-26-13(10-8-36-20(21)24-10)16(29)25-14-17(30)28-15(19(31)32)9(7-35-18(14)28)6-34-12-5-22-4-11-23-2-3-27(11)12;/h2-5,8,14,18H,6-7H2,1H3,(H2,21,24)(H,25,29)(H,31,32);/q;+1/p-1/b26-13-;/t14-,18+;/m1./s1. The van der Waals surface area contributed by atoms with Gasteiger partial charge in [-0.05, 0) is 5.57 Å². The molecule has 3 aromatic heterocycles. The normalized spacial score (nSPS) is 19.2. The van der Waals surface area contributed by atoms with Crippen LogP contribution in [0.3, 0.4) is 0 Å². The SMILES string of the molecule is CO/N=C(\C(=O)N[C@@H]1C(=O)N2C(C(=O)[O-])=C(CSc3cncc4nccn34)CS[C@@H]12)c1csc(N)n1.[Na+]. The number of nitrogen functional groups attached to an aromatic ring is 1. The first kappa shape index (κ1) is 27.4. The molecule has 0 aromatic carbocycles. The molecule has 1 fully saturated rings. The molecule has 0 unspecified atom stereocenters. The molecule has 17 heteroatoms. The van der Waals surface area contributed by atoms with Crippen molar-refractivity contribution in [2.45, 2.75) is 16.4 Å². The maximum atomic E-state index is 13.0. The number of anilines is 1. The van der Waals surface area contributed by atoms with Crippen LogP contribution in [0.15, 0.2) is 51.6 Å². The van der Waals surface area contributed by atoms with Crippen LogP contribution in [-0.4, -0.2) is 77.8 Å². The van der Waals surface area contributed by atoms with E-state index in [4.69, 9.17) is 10.6 Å². The Hall–Kier alpha value is -2.63. The first-order valence-corrected chi connectivity index (χ1v) is 13.2. The maximum Gasteiger partial charge on any atom is 1.00 e. The predicted molar refractivity (Wildman–Crippen MR) is 131 cm³/mol. The van der Waals surface area contributed by atoms with Gasteiger partial charge in [-0.2, -0.15) is 0 Å². The summed E-state index contributed by atoms with van der Waals surface area (Å²) in [5.41, 5.74) is 6.73. The quantitative estimate of drug-likeness (QED) is 0.0898. The Morgan fingerprint density at radius 1 is 1.41 bits per heavy atom. The molecule has 0 spiro atoms. The number of β-lactam (4-membered cyclic amide) rings is 1. The number of nitrogens with zero attached hydrogens (tertiary/aromatic N) is 6. The number of nitrogens with one attached hydrogen (secondary N) is 1. The minimum atomic E-state index is -1.45. The molecule has 3 aromatic rings. The van der Waals surface area contributed by atoms with Crippen LogP contribution in [-0.2, 0) is 19.2 Å². The van der Waals surface area contributed by atoms with Crippen molar-refractivity contribution < 1.29 is 53.9 Å². The van der Waals surface area contributed by atoms with E-state index in [0.717, 1.165) is 21.3 Å². The minimum Gasteiger partial charge on any atom is -0.543 e. The number of aliphatic carboxylic acids is 1. The molecule has 2 amide bonds. The third-order valence-corrected chi connectivity index (χ3v) is 8.47. The average molecular weight is 569 g/mol. The number of carbonyl (C=O) groups excluding carboxylic acids is 3. The molecule has 3 N–H and O–H groups in total. The van der Waals surface area contributed by atoms with Crippen molar-refractivity contribution in [1.29, 1.82) is 0 Å². The minimum absolute atomic E-state index is 0. The Balaban J connectivity index is 0.00000320. The Morgan fingerprint density at radius 2 is 2.22 bits per heavy atom. The number of rotatable bonds is 8. The molecule has 0 bridgehead atoms. The van der Waals surface area contributed by atoms with Crippen LogP contribution in [0.5, 0.6) is 0 Å². The van der Waals surface area contributed by atoms with E-state index >= 15 is 0 Å². The van der Waals surface area contributed by atoms with Gasteiger partial charge in [-0.15, -0.1) is 34.9 Å². The van der Waals surface area contributed by atoms with Crippen molar-refractivity contribution in [1.82, 2.24) is 29.6 Å². The summed E-state index contributed by atoms with van der Waals surface area (Å²) >= 11 is 3.85. The summed E-state index contributed by atoms with van der Waals surface area (Å²) in [6.07, 6.45) is 6.71. The van der Waals surface area contributed by atoms with Gasteiger partial charge in [0.05, 0.1) is 29.1 Å². The fraction of sp³-hybridized carbons (Fsp3) is 0.250. The number of carbonyl (C=O) groups is 3. The molecule has 1 saturated heterocycles. The van der Waals surface area contributed by atoms with Crippen LogP contribution in [0.25, 0.3) is 5.65 Å². The van der Waals surface area contributed by atoms with Gasteiger partial charge in [-0.3, -0.25) is 23.9 Å². The second-order valence-electron chi connectivity index (χ2n) is 7.48. The van der Waals surface area contributed by atoms with Gasteiger partial charge in [0, 0.05) is 29.3 Å². The van der Waals surface area contributed by atoms with E-state index in [2.05, 4.69) is 25.4 Å². The summed E-state index contributed by atoms with van der Waals surface area (Å²) in [6.45, 7) is 0. The van der Waals surface area contributed by atoms with Crippen LogP contribution >= 0.6 is 34.9 Å². The van der Waals surface area contributed by atoms with Crippen molar-refractivity contribution in [3.05, 3.63) is 47.1 Å². The van der Waals surface area contributed by atoms with Gasteiger partial charge >= 0.3 is 29.6 Å². The first-order chi connectivity index (χ1) is 17.4. The molecule has 37 heavy (non-hydrogen) atoms. The van der Waals surface area contributed by atoms with Crippen molar-refractivity contribution in [3.8, 4) is 0 Å². The van der Waals surface area contributed by atoms with Gasteiger partial charge < -0.3 is 25.8 Å². The van der Waals surface area contributed by atoms with Gasteiger partial charge in [0.15, 0.2) is 16.5 Å². The Labute approximate surface area is 244 Å². The monoisotopic (exact) mass is 568 g/mol. The third kappa shape index (κ3) is 5.21. The van der Waals surface area contributed by atoms with E-state index in [1.165, 1.54) is 36.0 Å². The molecule has 2 aliphatic heterocycles. The summed E-state index contributed by atoms with van der Waals surface area (Å²) in [5.74, 6) is -2.06. The molecule has 0 aliphatic carbocycles. The van der Waals surface area contributed by atoms with Crippen molar-refractivity contribution in [3.63, 3.8) is 0 Å². The van der Waals surface area contributed by atoms with E-state index in [9.17, 15) is 19.5 Å². The smallest absolute Gasteiger partial charge is 0.543 e. The van der Waals surface area contributed by atoms with Gasteiger partial charge in [0.25, 0.3) is 11.8 Å². The average Bonchev–Trinajstić information content (AvgIpc) is 3.52. The fourth-order valence-electron chi connectivity index (χ4n) is 3.78. The number of aromatic nitrogens is 4. The molecular weight excluding hydrogens is 551 g/mol. The molecular formula is C20H17N8NaO5S3. The summed E-state index contributed by atoms with van der Waals surface area (Å²) in [5, 5.41) is 20.3. The van der Waals surface area contributed by atoms with E-state index in [-0.39, 0.29) is 51.8 Å². The van der Waals surface area contributed by atoms with Gasteiger partial charge in [0.2, 0.25) is 0 Å². The molecule has 13 nitrogen and oxygen atoms in total. The molecule has 186 valence electrons. The molecule has 0 saturated carbocycles. The topological polar surface area (TPSA) is 180 Å². The molecule has 5 heterocycles. The van der Waals surface area contributed by atoms with Gasteiger partial charge in [-0.25, -0.2) is 9.97 Å². The maximum absolute atomic E-state index is 13.0. The second kappa shape index (κ2) is 11.4. The number of fused-ring (bicyclic) bond motifs is 2. The molecule has 0 radical (unpaired) electrons. The molecule has 2 atom stereocenters. The van der Waals surface area contributed by atoms with Crippen LogP contribution in [0.2, 0.25) is 0 Å². The summed E-state index contributed by atoms with van der Waals surface area (Å²) in [4.78, 5) is 56.1. The number of amides is 2. The zero-order valence-corrected chi connectivity index (χ0v) is 23.9. The zero-order valence-electron chi connectivity index (χ0n) is 19.5. The number of thiazole rings is 1. The third-order valence-electron chi connectivity index (χ3n) is 5.37. The van der Waals surface area contributed by atoms with E-state index in [1.54, 1.807) is 24.8 Å². The second-order valence-corrected chi connectivity index (χ2v) is 10.5. The predicted octanol–water partition coefficient (Wildman–Crippen LogP) is -3.68. The number of oxime groups is 1. The Kier molecular flexibility index (Phi) is 8.45. The number of hydrogen-bond donors (Lipinski definition) is 2. The summed E-state index contributed by atoms with van der Waals surface area (Å²) in [7, 11) is 1.27. The van der Waals surface area contributed by atoms with Gasteiger partial charge in [0.1, 0.15) is 24.2 Å². The van der Waals surface area contributed by atoms with Crippen LogP contribution in [0, 0.1) is 0 Å². The number of imidazole rings is 1. The van der Waals surface area contributed by atoms with E-state index < -0.39 is 29.2 Å². The molecule has 5 rings (SSSR count). The van der Waals surface area contributed by atoms with Crippen LogP contribution < -0.4 is 45.7 Å². The Morgan fingerprint density at radius 3 is 2.92 bits per heavy atom. The van der Waals surface area contributed by atoms with Crippen molar-refractivity contribution in [2.24, 2.45) is 5.16 Å². The number of nitrogens with two attached hydrogens (primary N) is 1. The van der Waals surface area contributed by atoms with Crippen molar-refractivity contribution in [2.75, 3.05) is 24.3 Å². The van der Waals surface area contributed by atoms with Crippen molar-refractivity contribution >= 4 is 69.1 Å². The first-order valence-electron chi connectivity index (χ1n) is 10.3. The Bertz CT molecular complexity index is 1440. The number of carboxylic acids is 1.